The molecule has 0 radical (unpaired) electrons. The third-order valence-electron chi connectivity index (χ3n) is 2.69. The summed E-state index contributed by atoms with van der Waals surface area (Å²) < 4.78 is 0. The minimum Gasteiger partial charge on any atom is -0.330 e. The van der Waals surface area contributed by atoms with E-state index < -0.39 is 0 Å². The van der Waals surface area contributed by atoms with E-state index in [9.17, 15) is 0 Å². The molecule has 72 valence electrons. The van der Waals surface area contributed by atoms with E-state index in [-0.39, 0.29) is 0 Å². The van der Waals surface area contributed by atoms with Crippen molar-refractivity contribution in [3.05, 3.63) is 34.9 Å². The molecule has 0 saturated carbocycles. The van der Waals surface area contributed by atoms with Crippen molar-refractivity contribution in [2.45, 2.75) is 27.2 Å². The first-order chi connectivity index (χ1) is 6.15. The fourth-order valence-corrected chi connectivity index (χ4v) is 1.49. The summed E-state index contributed by atoms with van der Waals surface area (Å²) >= 11 is 0. The molecule has 1 rings (SSSR count). The van der Waals surface area contributed by atoms with Crippen LogP contribution < -0.4 is 5.73 Å². The monoisotopic (exact) mass is 177 g/mol. The van der Waals surface area contributed by atoms with Gasteiger partial charge in [0.1, 0.15) is 0 Å². The number of rotatable bonds is 3. The maximum absolute atomic E-state index is 5.61. The van der Waals surface area contributed by atoms with Crippen LogP contribution in [0.15, 0.2) is 18.2 Å². The molecule has 0 fully saturated rings. The summed E-state index contributed by atoms with van der Waals surface area (Å²) in [6, 6.07) is 6.49. The minimum atomic E-state index is 0.584. The van der Waals surface area contributed by atoms with E-state index in [1.807, 2.05) is 0 Å². The molecule has 0 spiro atoms. The summed E-state index contributed by atoms with van der Waals surface area (Å²) in [6.07, 6.45) is 1.10. The van der Waals surface area contributed by atoms with Gasteiger partial charge < -0.3 is 5.73 Å². The van der Waals surface area contributed by atoms with Gasteiger partial charge in [0.05, 0.1) is 0 Å². The number of hydrogen-bond acceptors (Lipinski definition) is 1. The Bertz CT molecular complexity index is 278. The zero-order valence-corrected chi connectivity index (χ0v) is 8.80. The molecule has 1 atom stereocenters. The highest BCUT2D eigenvalue weighted by molar-refractivity contribution is 5.33. The normalized spacial score (nSPS) is 12.9. The Balaban J connectivity index is 2.83. The predicted molar refractivity (Wildman–Crippen MR) is 57.8 cm³/mol. The molecule has 1 aromatic rings. The smallest absolute Gasteiger partial charge is 0.00483 e. The summed E-state index contributed by atoms with van der Waals surface area (Å²) in [5, 5.41) is 0. The Labute approximate surface area is 81.0 Å². The summed E-state index contributed by atoms with van der Waals surface area (Å²) in [7, 11) is 0. The Morgan fingerprint density at radius 1 is 1.31 bits per heavy atom. The lowest BCUT2D eigenvalue weighted by Gasteiger charge is -2.12. The second-order valence-electron chi connectivity index (χ2n) is 3.90. The van der Waals surface area contributed by atoms with Crippen molar-refractivity contribution in [2.75, 3.05) is 6.54 Å². The topological polar surface area (TPSA) is 26.0 Å². The van der Waals surface area contributed by atoms with E-state index in [0.717, 1.165) is 13.0 Å². The van der Waals surface area contributed by atoms with Gasteiger partial charge in [-0.05, 0) is 49.4 Å². The molecular formula is C12H19N. The molecule has 2 N–H and O–H groups in total. The second kappa shape index (κ2) is 4.43. The van der Waals surface area contributed by atoms with Crippen LogP contribution in [0.5, 0.6) is 0 Å². The highest BCUT2D eigenvalue weighted by Gasteiger charge is 2.04. The van der Waals surface area contributed by atoms with Crippen LogP contribution in [0.2, 0.25) is 0 Å². The molecule has 0 bridgehead atoms. The van der Waals surface area contributed by atoms with Crippen molar-refractivity contribution in [1.29, 1.82) is 0 Å². The third-order valence-corrected chi connectivity index (χ3v) is 2.69. The largest absolute Gasteiger partial charge is 0.330 e. The molecule has 0 aliphatic heterocycles. The summed E-state index contributed by atoms with van der Waals surface area (Å²) in [5.74, 6) is 0.584. The minimum absolute atomic E-state index is 0.584. The van der Waals surface area contributed by atoms with Crippen molar-refractivity contribution in [3.8, 4) is 0 Å². The zero-order chi connectivity index (χ0) is 9.84. The number of aryl methyl sites for hydroxylation is 1. The first-order valence-electron chi connectivity index (χ1n) is 4.90. The zero-order valence-electron chi connectivity index (χ0n) is 8.80. The van der Waals surface area contributed by atoms with Gasteiger partial charge in [-0.1, -0.05) is 25.1 Å². The van der Waals surface area contributed by atoms with Crippen molar-refractivity contribution in [1.82, 2.24) is 0 Å². The molecule has 1 unspecified atom stereocenters. The Kier molecular flexibility index (Phi) is 3.49. The standard InChI is InChI=1S/C12H19N/c1-9(8-13)7-12-6-4-5-10(2)11(12)3/h4-6,9H,7-8,13H2,1-3H3. The van der Waals surface area contributed by atoms with Crippen molar-refractivity contribution in [3.63, 3.8) is 0 Å². The quantitative estimate of drug-likeness (QED) is 0.754. The first-order valence-corrected chi connectivity index (χ1v) is 4.90. The van der Waals surface area contributed by atoms with Crippen LogP contribution in [0.1, 0.15) is 23.6 Å². The molecule has 0 aliphatic carbocycles. The average Bonchev–Trinajstić information content (AvgIpc) is 2.13. The van der Waals surface area contributed by atoms with Gasteiger partial charge in [0.15, 0.2) is 0 Å². The lowest BCUT2D eigenvalue weighted by Crippen LogP contribution is -2.13. The van der Waals surface area contributed by atoms with E-state index in [1.54, 1.807) is 0 Å². The molecule has 1 nitrogen and oxygen atoms in total. The van der Waals surface area contributed by atoms with Gasteiger partial charge in [-0.15, -0.1) is 0 Å². The Morgan fingerprint density at radius 2 is 2.00 bits per heavy atom. The molecule has 1 aromatic carbocycles. The number of nitrogens with two attached hydrogens (primary N) is 1. The molecule has 1 heteroatoms. The van der Waals surface area contributed by atoms with Crippen molar-refractivity contribution < 1.29 is 0 Å². The lowest BCUT2D eigenvalue weighted by molar-refractivity contribution is 0.591. The number of hydrogen-bond donors (Lipinski definition) is 1. The van der Waals surface area contributed by atoms with Crippen LogP contribution in [-0.2, 0) is 6.42 Å². The Morgan fingerprint density at radius 3 is 2.62 bits per heavy atom. The fourth-order valence-electron chi connectivity index (χ4n) is 1.49. The van der Waals surface area contributed by atoms with Crippen LogP contribution in [0.3, 0.4) is 0 Å². The first kappa shape index (κ1) is 10.3. The molecule has 0 aliphatic rings. The van der Waals surface area contributed by atoms with Gasteiger partial charge in [0.2, 0.25) is 0 Å². The van der Waals surface area contributed by atoms with E-state index in [1.165, 1.54) is 16.7 Å². The highest BCUT2D eigenvalue weighted by atomic mass is 14.5. The van der Waals surface area contributed by atoms with Crippen LogP contribution >= 0.6 is 0 Å². The SMILES string of the molecule is Cc1cccc(CC(C)CN)c1C. The summed E-state index contributed by atoms with van der Waals surface area (Å²) in [4.78, 5) is 0. The van der Waals surface area contributed by atoms with Gasteiger partial charge >= 0.3 is 0 Å². The van der Waals surface area contributed by atoms with Crippen LogP contribution in [0.4, 0.5) is 0 Å². The molecule has 0 aromatic heterocycles. The third kappa shape index (κ3) is 2.56. The highest BCUT2D eigenvalue weighted by Crippen LogP contribution is 2.16. The van der Waals surface area contributed by atoms with E-state index in [2.05, 4.69) is 39.0 Å². The maximum Gasteiger partial charge on any atom is -0.00483 e. The second-order valence-corrected chi connectivity index (χ2v) is 3.90. The fraction of sp³-hybridized carbons (Fsp3) is 0.500. The lowest BCUT2D eigenvalue weighted by atomic mass is 9.95. The van der Waals surface area contributed by atoms with Gasteiger partial charge in [-0.3, -0.25) is 0 Å². The Hall–Kier alpha value is -0.820. The average molecular weight is 177 g/mol. The van der Waals surface area contributed by atoms with E-state index in [0.29, 0.717) is 5.92 Å². The van der Waals surface area contributed by atoms with E-state index >= 15 is 0 Å². The summed E-state index contributed by atoms with van der Waals surface area (Å²) in [6.45, 7) is 7.31. The van der Waals surface area contributed by atoms with Crippen molar-refractivity contribution in [2.24, 2.45) is 11.7 Å². The van der Waals surface area contributed by atoms with Crippen LogP contribution in [0.25, 0.3) is 0 Å². The van der Waals surface area contributed by atoms with Crippen LogP contribution in [-0.4, -0.2) is 6.54 Å². The predicted octanol–water partition coefficient (Wildman–Crippen LogP) is 2.44. The molecular weight excluding hydrogens is 158 g/mol. The van der Waals surface area contributed by atoms with Gasteiger partial charge in [0.25, 0.3) is 0 Å². The molecule has 0 heterocycles. The summed E-state index contributed by atoms with van der Waals surface area (Å²) in [5.41, 5.74) is 9.85. The molecule has 0 saturated heterocycles. The van der Waals surface area contributed by atoms with Gasteiger partial charge in [0, 0.05) is 0 Å². The van der Waals surface area contributed by atoms with Crippen molar-refractivity contribution >= 4 is 0 Å². The van der Waals surface area contributed by atoms with E-state index in [4.69, 9.17) is 5.73 Å². The van der Waals surface area contributed by atoms with Gasteiger partial charge in [-0.2, -0.15) is 0 Å². The van der Waals surface area contributed by atoms with Gasteiger partial charge in [-0.25, -0.2) is 0 Å². The maximum atomic E-state index is 5.61. The van der Waals surface area contributed by atoms with Crippen LogP contribution in [0, 0.1) is 19.8 Å². The molecule has 0 amide bonds. The molecule has 13 heavy (non-hydrogen) atoms. The number of benzene rings is 1.